The molecule has 0 bridgehead atoms. The first-order valence-electron chi connectivity index (χ1n) is 2.79. The molecule has 70 valence electrons. The molecule has 7 nitrogen and oxygen atoms in total. The zero-order valence-corrected chi connectivity index (χ0v) is 6.85. The van der Waals surface area contributed by atoms with Crippen LogP contribution in [0.2, 0.25) is 0 Å². The van der Waals surface area contributed by atoms with Crippen LogP contribution in [0.3, 0.4) is 0 Å². The minimum Gasteiger partial charge on any atom is -0.297 e. The van der Waals surface area contributed by atoms with Gasteiger partial charge in [-0.15, -0.1) is 0 Å². The highest BCUT2D eigenvalue weighted by Gasteiger charge is 1.88. The maximum atomic E-state index is 8.74. The second kappa shape index (κ2) is 4.83. The normalized spacial score (nSPS) is 15.4. The molecule has 0 saturated heterocycles. The lowest BCUT2D eigenvalue weighted by Crippen LogP contribution is -2.30. The molecule has 4 N–H and O–H groups in total. The highest BCUT2D eigenvalue weighted by molar-refractivity contribution is 7.79. The number of nitrogens with zero attached hydrogens (tertiary/aromatic N) is 2. The molecule has 0 unspecified atom stereocenters. The molecule has 0 aliphatic carbocycles. The number of aliphatic imine (C=N–C) groups is 1. The summed E-state index contributed by atoms with van der Waals surface area (Å²) in [5, 5.41) is 1.51. The summed E-state index contributed by atoms with van der Waals surface area (Å²) in [7, 11) is -4.67. The zero-order chi connectivity index (χ0) is 9.61. The largest absolute Gasteiger partial charge is 0.394 e. The second-order valence-electron chi connectivity index (χ2n) is 1.79. The van der Waals surface area contributed by atoms with E-state index in [1.165, 1.54) is 5.01 Å². The smallest absolute Gasteiger partial charge is 0.297 e. The Morgan fingerprint density at radius 3 is 2.17 bits per heavy atom. The average Bonchev–Trinajstić information content (AvgIpc) is 1.85. The second-order valence-corrected chi connectivity index (χ2v) is 2.69. The lowest BCUT2D eigenvalue weighted by atomic mass is 10.5. The molecule has 0 atom stereocenters. The molecule has 0 aromatic carbocycles. The summed E-state index contributed by atoms with van der Waals surface area (Å²) < 4.78 is 31.6. The van der Waals surface area contributed by atoms with Crippen molar-refractivity contribution in [2.24, 2.45) is 10.8 Å². The standard InChI is InChI=1S/C4H7N3.H2O4S/c5-7-3-1-2-6-4-7;1-5(2,3)4/h1-2,4H,3,5H2;(H2,1,2,3,4). The Labute approximate surface area is 69.7 Å². The van der Waals surface area contributed by atoms with Crippen molar-refractivity contribution in [2.75, 3.05) is 6.54 Å². The Hall–Kier alpha value is -0.960. The third kappa shape index (κ3) is 11.8. The number of hydrogen-bond donors (Lipinski definition) is 3. The molecule has 1 aliphatic rings. The van der Waals surface area contributed by atoms with E-state index in [0.717, 1.165) is 6.54 Å². The van der Waals surface area contributed by atoms with Crippen molar-refractivity contribution in [3.63, 3.8) is 0 Å². The molecule has 0 aromatic heterocycles. The highest BCUT2D eigenvalue weighted by Crippen LogP contribution is 1.83. The van der Waals surface area contributed by atoms with Gasteiger partial charge < -0.3 is 0 Å². The minimum atomic E-state index is -4.67. The Morgan fingerprint density at radius 2 is 2.00 bits per heavy atom. The Morgan fingerprint density at radius 1 is 1.50 bits per heavy atom. The molecule has 1 aliphatic heterocycles. The lowest BCUT2D eigenvalue weighted by Gasteiger charge is -2.09. The van der Waals surface area contributed by atoms with E-state index < -0.39 is 10.4 Å². The van der Waals surface area contributed by atoms with E-state index in [-0.39, 0.29) is 0 Å². The SMILES string of the molecule is NN1C=NC=CC1.O=S(=O)(O)O. The summed E-state index contributed by atoms with van der Waals surface area (Å²) in [6, 6.07) is 0. The van der Waals surface area contributed by atoms with Crippen molar-refractivity contribution in [3.05, 3.63) is 12.3 Å². The maximum absolute atomic E-state index is 8.74. The van der Waals surface area contributed by atoms with Gasteiger partial charge in [-0.05, 0) is 6.08 Å². The predicted molar refractivity (Wildman–Crippen MR) is 42.7 cm³/mol. The maximum Gasteiger partial charge on any atom is 0.394 e. The fourth-order valence-electron chi connectivity index (χ4n) is 0.401. The quantitative estimate of drug-likeness (QED) is 0.339. The monoisotopic (exact) mass is 195 g/mol. The van der Waals surface area contributed by atoms with Crippen molar-refractivity contribution in [3.8, 4) is 0 Å². The third-order valence-corrected chi connectivity index (χ3v) is 0.723. The van der Waals surface area contributed by atoms with E-state index in [4.69, 9.17) is 23.4 Å². The van der Waals surface area contributed by atoms with Crippen molar-refractivity contribution < 1.29 is 17.5 Å². The molecule has 0 amide bonds. The van der Waals surface area contributed by atoms with Crippen LogP contribution in [-0.2, 0) is 10.4 Å². The van der Waals surface area contributed by atoms with Gasteiger partial charge in [0.2, 0.25) is 0 Å². The van der Waals surface area contributed by atoms with Crippen LogP contribution in [0.15, 0.2) is 17.3 Å². The molecule has 12 heavy (non-hydrogen) atoms. The molecule has 0 radical (unpaired) electrons. The van der Waals surface area contributed by atoms with E-state index in [9.17, 15) is 0 Å². The summed E-state index contributed by atoms with van der Waals surface area (Å²) in [6.07, 6.45) is 5.20. The molecule has 0 aromatic rings. The van der Waals surface area contributed by atoms with Crippen molar-refractivity contribution in [1.29, 1.82) is 0 Å². The van der Waals surface area contributed by atoms with Gasteiger partial charge in [-0.25, -0.2) is 10.8 Å². The van der Waals surface area contributed by atoms with E-state index in [1.807, 2.05) is 6.08 Å². The van der Waals surface area contributed by atoms with Crippen LogP contribution in [0.1, 0.15) is 0 Å². The van der Waals surface area contributed by atoms with Gasteiger partial charge in [0.1, 0.15) is 6.34 Å². The molecule has 0 fully saturated rings. The van der Waals surface area contributed by atoms with Gasteiger partial charge >= 0.3 is 10.4 Å². The highest BCUT2D eigenvalue weighted by atomic mass is 32.3. The first-order chi connectivity index (χ1) is 5.39. The topological polar surface area (TPSA) is 116 Å². The molecule has 1 rings (SSSR count). The van der Waals surface area contributed by atoms with Gasteiger partial charge in [0.15, 0.2) is 0 Å². The Bertz CT molecular complexity index is 262. The van der Waals surface area contributed by atoms with Gasteiger partial charge in [0, 0.05) is 6.20 Å². The Balaban J connectivity index is 0.000000217. The van der Waals surface area contributed by atoms with Crippen LogP contribution in [0, 0.1) is 0 Å². The van der Waals surface area contributed by atoms with Crippen molar-refractivity contribution in [1.82, 2.24) is 5.01 Å². The van der Waals surface area contributed by atoms with Crippen LogP contribution in [0.5, 0.6) is 0 Å². The molecule has 0 saturated carbocycles. The van der Waals surface area contributed by atoms with Crippen LogP contribution in [-0.4, -0.2) is 35.4 Å². The van der Waals surface area contributed by atoms with Gasteiger partial charge in [0.05, 0.1) is 6.54 Å². The van der Waals surface area contributed by atoms with Gasteiger partial charge in [-0.1, -0.05) is 0 Å². The first kappa shape index (κ1) is 11.0. The minimum absolute atomic E-state index is 0.767. The van der Waals surface area contributed by atoms with Crippen molar-refractivity contribution in [2.45, 2.75) is 0 Å². The number of hydrazine groups is 1. The molecule has 8 heteroatoms. The fraction of sp³-hybridized carbons (Fsp3) is 0.250. The van der Waals surface area contributed by atoms with Crippen LogP contribution in [0.4, 0.5) is 0 Å². The molecule has 0 spiro atoms. The summed E-state index contributed by atoms with van der Waals surface area (Å²) in [4.78, 5) is 3.75. The van der Waals surface area contributed by atoms with Crippen LogP contribution < -0.4 is 5.84 Å². The molecular weight excluding hydrogens is 186 g/mol. The van der Waals surface area contributed by atoms with E-state index >= 15 is 0 Å². The van der Waals surface area contributed by atoms with Crippen LogP contribution >= 0.6 is 0 Å². The lowest BCUT2D eigenvalue weighted by molar-refractivity contribution is 0.381. The number of rotatable bonds is 0. The van der Waals surface area contributed by atoms with Gasteiger partial charge in [-0.2, -0.15) is 8.42 Å². The predicted octanol–water partition coefficient (Wildman–Crippen LogP) is -0.935. The summed E-state index contributed by atoms with van der Waals surface area (Å²) in [5.41, 5.74) is 0. The summed E-state index contributed by atoms with van der Waals surface area (Å²) in [5.74, 6) is 5.27. The van der Waals surface area contributed by atoms with E-state index in [2.05, 4.69) is 4.99 Å². The van der Waals surface area contributed by atoms with Crippen LogP contribution in [0.25, 0.3) is 0 Å². The summed E-state index contributed by atoms with van der Waals surface area (Å²) >= 11 is 0. The number of hydrogen-bond acceptors (Lipinski definition) is 5. The average molecular weight is 195 g/mol. The fourth-order valence-corrected chi connectivity index (χ4v) is 0.401. The Kier molecular flexibility index (Phi) is 4.44. The van der Waals surface area contributed by atoms with Gasteiger partial charge in [0.25, 0.3) is 0 Å². The molecule has 1 heterocycles. The zero-order valence-electron chi connectivity index (χ0n) is 6.03. The van der Waals surface area contributed by atoms with Crippen molar-refractivity contribution >= 4 is 16.7 Å². The molecular formula is C4H9N3O4S. The first-order valence-corrected chi connectivity index (χ1v) is 4.19. The third-order valence-electron chi connectivity index (χ3n) is 0.723. The van der Waals surface area contributed by atoms with E-state index in [1.54, 1.807) is 12.5 Å². The van der Waals surface area contributed by atoms with Gasteiger partial charge in [-0.3, -0.25) is 14.1 Å². The number of nitrogens with two attached hydrogens (primary N) is 1. The van der Waals surface area contributed by atoms with E-state index in [0.29, 0.717) is 0 Å². The summed E-state index contributed by atoms with van der Waals surface area (Å²) in [6.45, 7) is 0.767.